The molecular formula is C27H41N5O6. The van der Waals surface area contributed by atoms with Crippen molar-refractivity contribution >= 4 is 17.9 Å². The maximum Gasteiger partial charge on any atom is 0.507 e. The zero-order valence-corrected chi connectivity index (χ0v) is 22.6. The second-order valence-corrected chi connectivity index (χ2v) is 9.51. The zero-order chi connectivity index (χ0) is 27.5. The van der Waals surface area contributed by atoms with Crippen molar-refractivity contribution in [3.63, 3.8) is 0 Å². The van der Waals surface area contributed by atoms with E-state index in [0.29, 0.717) is 43.3 Å². The van der Waals surface area contributed by atoms with E-state index in [-0.39, 0.29) is 24.8 Å². The quantitative estimate of drug-likeness (QED) is 0.196. The fraction of sp³-hybridized carbons (Fsp3) is 0.593. The van der Waals surface area contributed by atoms with E-state index in [4.69, 9.17) is 25.1 Å². The number of carbonyl (C=O) groups is 1. The number of likely N-dealkylation sites (tertiary alicyclic amines) is 1. The summed E-state index contributed by atoms with van der Waals surface area (Å²) in [5.41, 5.74) is 8.63. The van der Waals surface area contributed by atoms with Crippen molar-refractivity contribution < 1.29 is 29.2 Å². The number of aromatic nitrogens is 2. The number of nitrogens with one attached hydrogen (secondary N) is 1. The molecule has 11 heteroatoms. The van der Waals surface area contributed by atoms with Gasteiger partial charge in [0.2, 0.25) is 5.95 Å². The molecule has 1 fully saturated rings. The van der Waals surface area contributed by atoms with Gasteiger partial charge in [0.1, 0.15) is 17.3 Å². The van der Waals surface area contributed by atoms with Crippen molar-refractivity contribution in [1.82, 2.24) is 14.9 Å². The summed E-state index contributed by atoms with van der Waals surface area (Å²) in [6.07, 6.45) is 3.84. The van der Waals surface area contributed by atoms with Crippen molar-refractivity contribution in [2.75, 3.05) is 44.5 Å². The summed E-state index contributed by atoms with van der Waals surface area (Å²) < 4.78 is 16.6. The number of aryl methyl sites for hydroxylation is 1. The van der Waals surface area contributed by atoms with Crippen molar-refractivity contribution in [3.8, 4) is 11.5 Å². The summed E-state index contributed by atoms with van der Waals surface area (Å²) in [7, 11) is 1.63. The normalized spacial score (nSPS) is 16.3. The SMILES string of the molecule is CCC[C@@H](CCO)Nc1nc(N)nc(C)c1Cc1ccc(OCCCN2CCC[C@@H]2OC(=O)O)cc1OC. The number of methoxy groups -OCH3 is 1. The van der Waals surface area contributed by atoms with E-state index < -0.39 is 6.16 Å². The highest BCUT2D eigenvalue weighted by atomic mass is 16.7. The summed E-state index contributed by atoms with van der Waals surface area (Å²) in [6.45, 7) is 6.13. The standard InChI is InChI=1S/C27H41N5O6/c1-4-7-20(11-14-33)30-25-22(18(2)29-26(28)31-25)16-19-9-10-21(17-23(19)36-3)37-15-6-13-32-12-5-8-24(32)38-27(34)35/h9-10,17,20,24,33H,4-8,11-16H2,1-3H3,(H,34,35)(H3,28,29,30,31)/t20-,24-/m0/s1. The van der Waals surface area contributed by atoms with Crippen molar-refractivity contribution in [3.05, 3.63) is 35.0 Å². The predicted molar refractivity (Wildman–Crippen MR) is 145 cm³/mol. The van der Waals surface area contributed by atoms with E-state index >= 15 is 0 Å². The van der Waals surface area contributed by atoms with Crippen LogP contribution in [0.1, 0.15) is 62.3 Å². The molecule has 38 heavy (non-hydrogen) atoms. The van der Waals surface area contributed by atoms with Gasteiger partial charge < -0.3 is 35.5 Å². The Morgan fingerprint density at radius 1 is 1.32 bits per heavy atom. The minimum atomic E-state index is -1.24. The average Bonchev–Trinajstić information content (AvgIpc) is 3.30. The van der Waals surface area contributed by atoms with Gasteiger partial charge in [0.25, 0.3) is 0 Å². The first-order valence-corrected chi connectivity index (χ1v) is 13.3. The lowest BCUT2D eigenvalue weighted by atomic mass is 10.0. The van der Waals surface area contributed by atoms with Crippen LogP contribution < -0.4 is 20.5 Å². The van der Waals surface area contributed by atoms with Crippen LogP contribution in [0.4, 0.5) is 16.6 Å². The van der Waals surface area contributed by atoms with E-state index in [2.05, 4.69) is 22.2 Å². The number of nitrogens with zero attached hydrogens (tertiary/aromatic N) is 3. The number of benzene rings is 1. The number of nitrogen functional groups attached to an aromatic ring is 1. The van der Waals surface area contributed by atoms with Crippen LogP contribution in [0.15, 0.2) is 18.2 Å². The number of aliphatic hydroxyl groups is 1. The Bertz CT molecular complexity index is 1050. The van der Waals surface area contributed by atoms with Gasteiger partial charge in [-0.05, 0) is 50.7 Å². The summed E-state index contributed by atoms with van der Waals surface area (Å²) in [5.74, 6) is 2.27. The molecule has 2 atom stereocenters. The highest BCUT2D eigenvalue weighted by Crippen LogP contribution is 2.30. The molecule has 1 aliphatic rings. The van der Waals surface area contributed by atoms with Gasteiger partial charge in [-0.25, -0.2) is 9.78 Å². The lowest BCUT2D eigenvalue weighted by Gasteiger charge is -2.23. The van der Waals surface area contributed by atoms with Crippen LogP contribution >= 0.6 is 0 Å². The van der Waals surface area contributed by atoms with Crippen LogP contribution in [-0.4, -0.2) is 76.9 Å². The van der Waals surface area contributed by atoms with E-state index in [1.54, 1.807) is 7.11 Å². The fourth-order valence-electron chi connectivity index (χ4n) is 4.85. The van der Waals surface area contributed by atoms with E-state index in [0.717, 1.165) is 55.5 Å². The van der Waals surface area contributed by atoms with Crippen molar-refractivity contribution in [1.29, 1.82) is 0 Å². The minimum absolute atomic E-state index is 0.0849. The maximum absolute atomic E-state index is 10.9. The molecule has 210 valence electrons. The van der Waals surface area contributed by atoms with Gasteiger partial charge in [-0.3, -0.25) is 4.90 Å². The first-order valence-electron chi connectivity index (χ1n) is 13.3. The lowest BCUT2D eigenvalue weighted by molar-refractivity contribution is -0.0147. The number of rotatable bonds is 15. The zero-order valence-electron chi connectivity index (χ0n) is 22.6. The summed E-state index contributed by atoms with van der Waals surface area (Å²) >= 11 is 0. The maximum atomic E-state index is 10.9. The molecule has 0 aliphatic carbocycles. The molecule has 0 spiro atoms. The number of hydrogen-bond acceptors (Lipinski definition) is 10. The number of aliphatic hydroxyl groups excluding tert-OH is 1. The molecule has 3 rings (SSSR count). The summed E-state index contributed by atoms with van der Waals surface area (Å²) in [5, 5.41) is 21.8. The first-order chi connectivity index (χ1) is 18.3. The molecule has 1 saturated heterocycles. The average molecular weight is 532 g/mol. The van der Waals surface area contributed by atoms with Crippen LogP contribution in [0.5, 0.6) is 11.5 Å². The second-order valence-electron chi connectivity index (χ2n) is 9.51. The van der Waals surface area contributed by atoms with Crippen LogP contribution in [0.3, 0.4) is 0 Å². The first kappa shape index (κ1) is 29.2. The second kappa shape index (κ2) is 14.6. The lowest BCUT2D eigenvalue weighted by Crippen LogP contribution is -2.34. The Morgan fingerprint density at radius 2 is 2.13 bits per heavy atom. The van der Waals surface area contributed by atoms with Crippen LogP contribution in [0.2, 0.25) is 0 Å². The van der Waals surface area contributed by atoms with E-state index in [1.165, 1.54) is 0 Å². The fourth-order valence-corrected chi connectivity index (χ4v) is 4.85. The minimum Gasteiger partial charge on any atom is -0.496 e. The Labute approximate surface area is 224 Å². The molecule has 0 bridgehead atoms. The number of carboxylic acid groups (broad SMARTS) is 1. The van der Waals surface area contributed by atoms with Crippen molar-refractivity contribution in [2.45, 2.75) is 71.1 Å². The smallest absolute Gasteiger partial charge is 0.496 e. The Hall–Kier alpha value is -3.31. The van der Waals surface area contributed by atoms with Gasteiger partial charge in [0.15, 0.2) is 6.23 Å². The number of hydrogen-bond donors (Lipinski definition) is 4. The molecule has 5 N–H and O–H groups in total. The Morgan fingerprint density at radius 3 is 2.84 bits per heavy atom. The number of ether oxygens (including phenoxy) is 3. The van der Waals surface area contributed by atoms with Gasteiger partial charge in [-0.2, -0.15) is 4.98 Å². The van der Waals surface area contributed by atoms with Gasteiger partial charge in [-0.1, -0.05) is 19.4 Å². The van der Waals surface area contributed by atoms with Crippen LogP contribution in [-0.2, 0) is 11.2 Å². The molecule has 1 aromatic heterocycles. The summed E-state index contributed by atoms with van der Waals surface area (Å²) in [6, 6.07) is 5.84. The molecule has 0 unspecified atom stereocenters. The highest BCUT2D eigenvalue weighted by molar-refractivity contribution is 5.57. The molecule has 0 saturated carbocycles. The molecule has 11 nitrogen and oxygen atoms in total. The molecule has 0 amide bonds. The topological polar surface area (TPSA) is 152 Å². The Balaban J connectivity index is 1.65. The highest BCUT2D eigenvalue weighted by Gasteiger charge is 2.27. The third kappa shape index (κ3) is 8.35. The van der Waals surface area contributed by atoms with Crippen molar-refractivity contribution in [2.24, 2.45) is 0 Å². The van der Waals surface area contributed by atoms with Gasteiger partial charge in [0, 0.05) is 49.5 Å². The largest absolute Gasteiger partial charge is 0.507 e. The third-order valence-electron chi connectivity index (χ3n) is 6.71. The van der Waals surface area contributed by atoms with Gasteiger partial charge >= 0.3 is 6.16 Å². The van der Waals surface area contributed by atoms with Gasteiger partial charge in [0.05, 0.1) is 13.7 Å². The van der Waals surface area contributed by atoms with Gasteiger partial charge in [-0.15, -0.1) is 0 Å². The van der Waals surface area contributed by atoms with E-state index in [9.17, 15) is 9.90 Å². The predicted octanol–water partition coefficient (Wildman–Crippen LogP) is 3.82. The molecule has 1 aliphatic heterocycles. The van der Waals surface area contributed by atoms with Crippen LogP contribution in [0, 0.1) is 6.92 Å². The molecule has 0 radical (unpaired) electrons. The molecule has 2 heterocycles. The number of nitrogens with two attached hydrogens (primary N) is 1. The molecular weight excluding hydrogens is 490 g/mol. The van der Waals surface area contributed by atoms with E-state index in [1.807, 2.05) is 30.0 Å². The van der Waals surface area contributed by atoms with Crippen LogP contribution in [0.25, 0.3) is 0 Å². The summed E-state index contributed by atoms with van der Waals surface area (Å²) in [4.78, 5) is 21.7. The third-order valence-corrected chi connectivity index (χ3v) is 6.71. The number of anilines is 2. The molecule has 2 aromatic rings. The monoisotopic (exact) mass is 531 g/mol. The molecule has 1 aromatic carbocycles. The Kier molecular flexibility index (Phi) is 11.2.